The fraction of sp³-hybridized carbons (Fsp3) is 0.902. The summed E-state index contributed by atoms with van der Waals surface area (Å²) in [5.74, 6) is 5.33. The topological polar surface area (TPSA) is 26.3 Å². The van der Waals surface area contributed by atoms with Gasteiger partial charge in [-0.1, -0.05) is 174 Å². The van der Waals surface area contributed by atoms with E-state index in [0.29, 0.717) is 17.3 Å². The fourth-order valence-electron chi connectivity index (χ4n) is 12.4. The predicted molar refractivity (Wildman–Crippen MR) is 230 cm³/mol. The molecule has 0 aromatic heterocycles. The summed E-state index contributed by atoms with van der Waals surface area (Å²) in [6.45, 7) is 15.0. The molecule has 3 saturated carbocycles. The molecule has 0 radical (unpaired) electrons. The van der Waals surface area contributed by atoms with Gasteiger partial charge in [0.15, 0.2) is 0 Å². The van der Waals surface area contributed by atoms with Crippen LogP contribution in [0.3, 0.4) is 0 Å². The van der Waals surface area contributed by atoms with Crippen molar-refractivity contribution in [3.63, 3.8) is 0 Å². The highest BCUT2D eigenvalue weighted by molar-refractivity contribution is 5.69. The molecule has 0 N–H and O–H groups in total. The number of hydrogen-bond donors (Lipinski definition) is 0. The summed E-state index contributed by atoms with van der Waals surface area (Å²) in [6.07, 6.45) is 48.3. The van der Waals surface area contributed by atoms with Crippen molar-refractivity contribution in [3.8, 4) is 0 Å². The van der Waals surface area contributed by atoms with Crippen LogP contribution in [-0.4, -0.2) is 12.1 Å². The molecule has 0 bridgehead atoms. The summed E-state index contributed by atoms with van der Waals surface area (Å²) in [6, 6.07) is 0. The lowest BCUT2D eigenvalue weighted by atomic mass is 9.47. The molecule has 2 nitrogen and oxygen atoms in total. The fourth-order valence-corrected chi connectivity index (χ4v) is 12.4. The third-order valence-corrected chi connectivity index (χ3v) is 15.7. The second-order valence-electron chi connectivity index (χ2n) is 20.1. The summed E-state index contributed by atoms with van der Waals surface area (Å²) in [7, 11) is 0. The molecule has 2 heteroatoms. The van der Waals surface area contributed by atoms with Gasteiger partial charge in [-0.3, -0.25) is 4.79 Å². The summed E-state index contributed by atoms with van der Waals surface area (Å²) in [4.78, 5) is 12.9. The highest BCUT2D eigenvalue weighted by Gasteiger charge is 2.59. The van der Waals surface area contributed by atoms with Crippen LogP contribution in [0.1, 0.15) is 241 Å². The maximum atomic E-state index is 12.9. The maximum Gasteiger partial charge on any atom is 0.306 e. The van der Waals surface area contributed by atoms with E-state index in [1.807, 2.05) is 0 Å². The van der Waals surface area contributed by atoms with Crippen molar-refractivity contribution in [2.75, 3.05) is 0 Å². The molecule has 0 aliphatic heterocycles. The van der Waals surface area contributed by atoms with Crippen LogP contribution >= 0.6 is 0 Å². The second kappa shape index (κ2) is 23.9. The molecule has 306 valence electrons. The van der Waals surface area contributed by atoms with Crippen LogP contribution < -0.4 is 0 Å². The van der Waals surface area contributed by atoms with Gasteiger partial charge in [-0.2, -0.15) is 0 Å². The van der Waals surface area contributed by atoms with E-state index >= 15 is 0 Å². The standard InChI is InChI=1S/C51H90O2/c1-7-8-9-10-11-12-13-14-15-16-17-18-19-20-21-22-23-24-25-26-27-31-49(52)53-44-36-38-50(5)43(40-44)32-33-45-47-35-34-46(42(4)30-28-29-41(2)3)51(47,6)39-37-48(45)50/h14-15,32,41-42,44-48H,7-13,16-31,33-40H2,1-6H3/b15-14+/t42-,44+,45-,46+,47-,48-,50+,51-/m1/s1. The minimum atomic E-state index is 0.0640. The van der Waals surface area contributed by atoms with Gasteiger partial charge in [0.2, 0.25) is 0 Å². The molecule has 4 aliphatic rings. The van der Waals surface area contributed by atoms with E-state index in [1.54, 1.807) is 5.57 Å². The first-order chi connectivity index (χ1) is 25.7. The molecule has 0 amide bonds. The molecule has 0 unspecified atom stereocenters. The average molecular weight is 735 g/mol. The number of esters is 1. The third-order valence-electron chi connectivity index (χ3n) is 15.7. The number of unbranched alkanes of at least 4 members (excludes halogenated alkanes) is 17. The Kier molecular flexibility index (Phi) is 20.1. The van der Waals surface area contributed by atoms with E-state index in [4.69, 9.17) is 4.74 Å². The van der Waals surface area contributed by atoms with E-state index in [2.05, 4.69) is 59.8 Å². The number of allylic oxidation sites excluding steroid dienone is 3. The molecular formula is C51H90O2. The molecule has 0 aromatic carbocycles. The number of fused-ring (bicyclic) bond motifs is 5. The number of hydrogen-bond acceptors (Lipinski definition) is 2. The van der Waals surface area contributed by atoms with Gasteiger partial charge in [-0.25, -0.2) is 0 Å². The first-order valence-electron chi connectivity index (χ1n) is 24.2. The highest BCUT2D eigenvalue weighted by atomic mass is 16.5. The zero-order valence-electron chi connectivity index (χ0n) is 36.5. The zero-order chi connectivity index (χ0) is 37.9. The Morgan fingerprint density at radius 1 is 0.717 bits per heavy atom. The Morgan fingerprint density at radius 3 is 1.94 bits per heavy atom. The summed E-state index contributed by atoms with van der Waals surface area (Å²) in [5, 5.41) is 0. The van der Waals surface area contributed by atoms with E-state index < -0.39 is 0 Å². The normalized spacial score (nSPS) is 30.2. The molecule has 0 heterocycles. The lowest BCUT2D eigenvalue weighted by molar-refractivity contribution is -0.151. The minimum Gasteiger partial charge on any atom is -0.462 e. The Labute approximate surface area is 331 Å². The van der Waals surface area contributed by atoms with Crippen molar-refractivity contribution in [1.82, 2.24) is 0 Å². The summed E-state index contributed by atoms with van der Waals surface area (Å²) < 4.78 is 6.15. The summed E-state index contributed by atoms with van der Waals surface area (Å²) in [5.41, 5.74) is 2.53. The molecule has 53 heavy (non-hydrogen) atoms. The van der Waals surface area contributed by atoms with E-state index in [9.17, 15) is 4.79 Å². The Morgan fingerprint density at radius 2 is 1.32 bits per heavy atom. The lowest BCUT2D eigenvalue weighted by Crippen LogP contribution is -2.51. The van der Waals surface area contributed by atoms with Crippen molar-refractivity contribution in [2.45, 2.75) is 247 Å². The highest BCUT2D eigenvalue weighted by Crippen LogP contribution is 2.67. The van der Waals surface area contributed by atoms with Gasteiger partial charge in [0.05, 0.1) is 0 Å². The van der Waals surface area contributed by atoms with Crippen molar-refractivity contribution >= 4 is 5.97 Å². The molecule has 0 spiro atoms. The molecule has 3 fully saturated rings. The van der Waals surface area contributed by atoms with E-state index in [-0.39, 0.29) is 12.1 Å². The van der Waals surface area contributed by atoms with Gasteiger partial charge in [-0.15, -0.1) is 0 Å². The molecule has 0 aromatic rings. The van der Waals surface area contributed by atoms with Crippen molar-refractivity contribution < 1.29 is 9.53 Å². The Bertz CT molecular complexity index is 1070. The quantitative estimate of drug-likeness (QED) is 0.0477. The largest absolute Gasteiger partial charge is 0.462 e. The Balaban J connectivity index is 1.01. The van der Waals surface area contributed by atoms with Crippen LogP contribution in [0.4, 0.5) is 0 Å². The van der Waals surface area contributed by atoms with Gasteiger partial charge >= 0.3 is 5.97 Å². The van der Waals surface area contributed by atoms with Crippen LogP contribution in [0.2, 0.25) is 0 Å². The second-order valence-corrected chi connectivity index (χ2v) is 20.1. The van der Waals surface area contributed by atoms with Crippen LogP contribution in [0.5, 0.6) is 0 Å². The molecule has 0 saturated heterocycles. The van der Waals surface area contributed by atoms with Gasteiger partial charge < -0.3 is 4.74 Å². The van der Waals surface area contributed by atoms with Crippen molar-refractivity contribution in [1.29, 1.82) is 0 Å². The van der Waals surface area contributed by atoms with Gasteiger partial charge in [0, 0.05) is 12.8 Å². The van der Waals surface area contributed by atoms with Crippen LogP contribution in [-0.2, 0) is 9.53 Å². The zero-order valence-corrected chi connectivity index (χ0v) is 36.5. The molecule has 4 aliphatic carbocycles. The molecule has 8 atom stereocenters. The number of carbonyl (C=O) groups is 1. The third kappa shape index (κ3) is 13.8. The molecule has 4 rings (SSSR count). The smallest absolute Gasteiger partial charge is 0.306 e. The van der Waals surface area contributed by atoms with Crippen LogP contribution in [0.25, 0.3) is 0 Å². The minimum absolute atomic E-state index is 0.0640. The van der Waals surface area contributed by atoms with Gasteiger partial charge in [0.1, 0.15) is 6.10 Å². The predicted octanol–water partition coefficient (Wildman–Crippen LogP) is 16.3. The lowest BCUT2D eigenvalue weighted by Gasteiger charge is -2.58. The Hall–Kier alpha value is -1.05. The van der Waals surface area contributed by atoms with Crippen molar-refractivity contribution in [3.05, 3.63) is 23.8 Å². The number of rotatable bonds is 27. The molecular weight excluding hydrogens is 645 g/mol. The average Bonchev–Trinajstić information content (AvgIpc) is 3.49. The SMILES string of the molecule is CCCCCCCC/C=C/CCCCCCCCCCCCCC(=O)O[C@H]1CC[C@@]2(C)C(=CC[C@@H]3[C@H]4CC[C@@H]([C@H](C)CCCC(C)C)[C@@]4(C)CC[C@H]32)C1. The summed E-state index contributed by atoms with van der Waals surface area (Å²) >= 11 is 0. The van der Waals surface area contributed by atoms with E-state index in [1.165, 1.54) is 173 Å². The van der Waals surface area contributed by atoms with Crippen molar-refractivity contribution in [2.24, 2.45) is 46.3 Å². The van der Waals surface area contributed by atoms with E-state index in [0.717, 1.165) is 54.8 Å². The number of carbonyl (C=O) groups excluding carboxylic acids is 1. The first-order valence-corrected chi connectivity index (χ1v) is 24.2. The van der Waals surface area contributed by atoms with Crippen LogP contribution in [0.15, 0.2) is 23.8 Å². The monoisotopic (exact) mass is 735 g/mol. The van der Waals surface area contributed by atoms with Gasteiger partial charge in [-0.05, 0) is 123 Å². The van der Waals surface area contributed by atoms with Crippen LogP contribution in [0, 0.1) is 46.3 Å². The first kappa shape index (κ1) is 44.7. The number of ether oxygens (including phenoxy) is 1. The van der Waals surface area contributed by atoms with Gasteiger partial charge in [0.25, 0.3) is 0 Å². The maximum absolute atomic E-state index is 12.9.